The number of H-pyrrole nitrogens is 1. The van der Waals surface area contributed by atoms with Gasteiger partial charge in [0, 0.05) is 28.2 Å². The molecule has 0 saturated heterocycles. The summed E-state index contributed by atoms with van der Waals surface area (Å²) in [4.78, 5) is 3.39. The van der Waals surface area contributed by atoms with E-state index in [0.29, 0.717) is 5.02 Å². The van der Waals surface area contributed by atoms with Crippen LogP contribution in [0.15, 0.2) is 42.5 Å². The Morgan fingerprint density at radius 3 is 2.50 bits per heavy atom. The van der Waals surface area contributed by atoms with Gasteiger partial charge in [0.1, 0.15) is 0 Å². The molecular weight excluding hydrogens is 337 g/mol. The third-order valence-corrected chi connectivity index (χ3v) is 4.72. The van der Waals surface area contributed by atoms with Crippen molar-refractivity contribution in [2.24, 2.45) is 0 Å². The molecule has 24 heavy (non-hydrogen) atoms. The predicted octanol–water partition coefficient (Wildman–Crippen LogP) is 5.08. The second-order valence-corrected chi connectivity index (χ2v) is 6.40. The Bertz CT molecular complexity index is 897. The number of hydrogen-bond donors (Lipinski definition) is 2. The van der Waals surface area contributed by atoms with Crippen molar-refractivity contribution in [3.05, 3.63) is 69.9 Å². The fourth-order valence-corrected chi connectivity index (χ4v) is 3.52. The average Bonchev–Trinajstić information content (AvgIpc) is 2.92. The predicted molar refractivity (Wildman–Crippen MR) is 88.3 cm³/mol. The molecule has 2 N–H and O–H groups in total. The quantitative estimate of drug-likeness (QED) is 0.629. The summed E-state index contributed by atoms with van der Waals surface area (Å²) in [5.41, 5.74) is 3.34. The lowest BCUT2D eigenvalue weighted by Gasteiger charge is -2.25. The normalized spacial score (nSPS) is 17.9. The average molecular weight is 351 g/mol. The molecule has 1 aliphatic heterocycles. The highest BCUT2D eigenvalue weighted by molar-refractivity contribution is 6.31. The van der Waals surface area contributed by atoms with E-state index in [1.807, 2.05) is 18.2 Å². The molecule has 124 valence electrons. The summed E-state index contributed by atoms with van der Waals surface area (Å²) in [7, 11) is 0. The molecule has 0 fully saturated rings. The smallest absolute Gasteiger partial charge is 0.357 e. The van der Waals surface area contributed by atoms with Gasteiger partial charge >= 0.3 is 6.18 Å². The van der Waals surface area contributed by atoms with Crippen LogP contribution in [0.25, 0.3) is 10.9 Å². The topological polar surface area (TPSA) is 27.8 Å². The highest BCUT2D eigenvalue weighted by atomic mass is 35.5. The van der Waals surface area contributed by atoms with Crippen molar-refractivity contribution >= 4 is 22.5 Å². The number of rotatable bonds is 1. The Morgan fingerprint density at radius 1 is 1.04 bits per heavy atom. The Labute approximate surface area is 141 Å². The number of benzene rings is 2. The van der Waals surface area contributed by atoms with Gasteiger partial charge in [0.2, 0.25) is 0 Å². The van der Waals surface area contributed by atoms with Crippen LogP contribution in [0.1, 0.15) is 28.4 Å². The van der Waals surface area contributed by atoms with E-state index in [2.05, 4.69) is 10.3 Å². The van der Waals surface area contributed by atoms with Gasteiger partial charge in [-0.05, 0) is 47.9 Å². The minimum atomic E-state index is -4.32. The Morgan fingerprint density at radius 2 is 1.79 bits per heavy atom. The summed E-state index contributed by atoms with van der Waals surface area (Å²) >= 11 is 6.10. The van der Waals surface area contributed by atoms with E-state index in [9.17, 15) is 13.2 Å². The molecule has 2 aromatic carbocycles. The Kier molecular flexibility index (Phi) is 3.58. The van der Waals surface area contributed by atoms with E-state index >= 15 is 0 Å². The highest BCUT2D eigenvalue weighted by Crippen LogP contribution is 2.36. The number of aromatic nitrogens is 1. The zero-order chi connectivity index (χ0) is 16.9. The Hall–Kier alpha value is -1.98. The van der Waals surface area contributed by atoms with E-state index in [1.165, 1.54) is 17.7 Å². The molecule has 0 amide bonds. The van der Waals surface area contributed by atoms with Crippen LogP contribution in [0.5, 0.6) is 0 Å². The second kappa shape index (κ2) is 5.53. The van der Waals surface area contributed by atoms with Crippen LogP contribution in [0.2, 0.25) is 5.02 Å². The minimum absolute atomic E-state index is 0.151. The first-order valence-electron chi connectivity index (χ1n) is 7.64. The summed E-state index contributed by atoms with van der Waals surface area (Å²) in [5.74, 6) is 0. The molecule has 0 spiro atoms. The van der Waals surface area contributed by atoms with Gasteiger partial charge in [-0.3, -0.25) is 0 Å². The maximum absolute atomic E-state index is 12.7. The third kappa shape index (κ3) is 2.58. The van der Waals surface area contributed by atoms with Crippen LogP contribution >= 0.6 is 11.6 Å². The Balaban J connectivity index is 1.78. The molecule has 2 nitrogen and oxygen atoms in total. The molecule has 0 saturated carbocycles. The van der Waals surface area contributed by atoms with Crippen molar-refractivity contribution < 1.29 is 13.2 Å². The van der Waals surface area contributed by atoms with Gasteiger partial charge < -0.3 is 10.3 Å². The van der Waals surface area contributed by atoms with E-state index in [-0.39, 0.29) is 6.04 Å². The first kappa shape index (κ1) is 15.5. The summed E-state index contributed by atoms with van der Waals surface area (Å²) in [6, 6.07) is 10.9. The van der Waals surface area contributed by atoms with E-state index in [0.717, 1.165) is 47.3 Å². The lowest BCUT2D eigenvalue weighted by molar-refractivity contribution is -0.137. The van der Waals surface area contributed by atoms with E-state index < -0.39 is 11.7 Å². The van der Waals surface area contributed by atoms with Crippen molar-refractivity contribution in [2.45, 2.75) is 18.6 Å². The van der Waals surface area contributed by atoms with Crippen molar-refractivity contribution in [1.82, 2.24) is 10.3 Å². The summed E-state index contributed by atoms with van der Waals surface area (Å²) in [6.07, 6.45) is -3.46. The van der Waals surface area contributed by atoms with Crippen molar-refractivity contribution in [3.63, 3.8) is 0 Å². The molecular formula is C18H14ClF3N2. The van der Waals surface area contributed by atoms with Crippen LogP contribution in [0, 0.1) is 0 Å². The van der Waals surface area contributed by atoms with Gasteiger partial charge in [0.25, 0.3) is 0 Å². The molecule has 1 aliphatic rings. The molecule has 0 bridgehead atoms. The standard InChI is InChI=1S/C18H14ClF3N2/c19-12-5-6-15-14(9-12)13-7-8-23-16(17(13)24-15)10-1-3-11(4-2-10)18(20,21)22/h1-6,9,16,23-24H,7-8H2. The molecule has 1 unspecified atom stereocenters. The monoisotopic (exact) mass is 350 g/mol. The molecule has 4 rings (SSSR count). The van der Waals surface area contributed by atoms with Gasteiger partial charge in [-0.15, -0.1) is 0 Å². The van der Waals surface area contributed by atoms with Gasteiger partial charge in [0.05, 0.1) is 11.6 Å². The number of halogens is 4. The molecule has 1 aromatic heterocycles. The lowest BCUT2D eigenvalue weighted by Crippen LogP contribution is -2.30. The summed E-state index contributed by atoms with van der Waals surface area (Å²) < 4.78 is 38.2. The third-order valence-electron chi connectivity index (χ3n) is 4.48. The van der Waals surface area contributed by atoms with Crippen molar-refractivity contribution in [2.75, 3.05) is 6.54 Å². The van der Waals surface area contributed by atoms with Crippen LogP contribution in [-0.4, -0.2) is 11.5 Å². The van der Waals surface area contributed by atoms with Crippen molar-refractivity contribution in [1.29, 1.82) is 0 Å². The first-order valence-corrected chi connectivity index (χ1v) is 8.02. The van der Waals surface area contributed by atoms with Gasteiger partial charge in [0.15, 0.2) is 0 Å². The summed E-state index contributed by atoms with van der Waals surface area (Å²) in [5, 5.41) is 5.13. The number of nitrogens with one attached hydrogen (secondary N) is 2. The van der Waals surface area contributed by atoms with Crippen molar-refractivity contribution in [3.8, 4) is 0 Å². The minimum Gasteiger partial charge on any atom is -0.357 e. The summed E-state index contributed by atoms with van der Waals surface area (Å²) in [6.45, 7) is 0.762. The van der Waals surface area contributed by atoms with Gasteiger partial charge in [-0.25, -0.2) is 0 Å². The van der Waals surface area contributed by atoms with Gasteiger partial charge in [-0.2, -0.15) is 13.2 Å². The molecule has 0 aliphatic carbocycles. The second-order valence-electron chi connectivity index (χ2n) is 5.96. The zero-order valence-corrected chi connectivity index (χ0v) is 13.3. The van der Waals surface area contributed by atoms with E-state index in [4.69, 9.17) is 11.6 Å². The highest BCUT2D eigenvalue weighted by Gasteiger charge is 2.31. The molecule has 2 heterocycles. The maximum Gasteiger partial charge on any atom is 0.416 e. The van der Waals surface area contributed by atoms with Crippen LogP contribution in [-0.2, 0) is 12.6 Å². The fraction of sp³-hybridized carbons (Fsp3) is 0.222. The molecule has 1 atom stereocenters. The molecule has 3 aromatic rings. The number of fused-ring (bicyclic) bond motifs is 3. The number of alkyl halides is 3. The number of hydrogen-bond acceptors (Lipinski definition) is 1. The molecule has 6 heteroatoms. The maximum atomic E-state index is 12.7. The van der Waals surface area contributed by atoms with E-state index in [1.54, 1.807) is 0 Å². The number of aromatic amines is 1. The van der Waals surface area contributed by atoms with Crippen LogP contribution in [0.3, 0.4) is 0 Å². The van der Waals surface area contributed by atoms with Crippen LogP contribution in [0.4, 0.5) is 13.2 Å². The first-order chi connectivity index (χ1) is 11.4. The molecule has 0 radical (unpaired) electrons. The lowest BCUT2D eigenvalue weighted by atomic mass is 9.94. The SMILES string of the molecule is FC(F)(F)c1ccc(C2NCCc3c2[nH]c2ccc(Cl)cc32)cc1. The van der Waals surface area contributed by atoms with Gasteiger partial charge in [-0.1, -0.05) is 23.7 Å². The fourth-order valence-electron chi connectivity index (χ4n) is 3.35. The largest absolute Gasteiger partial charge is 0.416 e. The zero-order valence-electron chi connectivity index (χ0n) is 12.5. The van der Waals surface area contributed by atoms with Crippen LogP contribution < -0.4 is 5.32 Å².